The van der Waals surface area contributed by atoms with Gasteiger partial charge in [-0.15, -0.1) is 0 Å². The van der Waals surface area contributed by atoms with Crippen LogP contribution in [0.2, 0.25) is 0 Å². The van der Waals surface area contributed by atoms with E-state index in [1.807, 2.05) is 0 Å². The zero-order valence-electron chi connectivity index (χ0n) is 30.5. The Morgan fingerprint density at radius 3 is 1.68 bits per heavy atom. The maximum absolute atomic E-state index is 2.41. The van der Waals surface area contributed by atoms with Crippen molar-refractivity contribution in [1.82, 2.24) is 4.57 Å². The van der Waals surface area contributed by atoms with Gasteiger partial charge in [-0.3, -0.25) is 0 Å². The van der Waals surface area contributed by atoms with Crippen LogP contribution in [-0.4, -0.2) is 4.57 Å². The second kappa shape index (κ2) is 12.0. The van der Waals surface area contributed by atoms with E-state index in [0.717, 1.165) is 22.7 Å². The van der Waals surface area contributed by atoms with Gasteiger partial charge in [0.05, 0.1) is 11.0 Å². The number of para-hydroxylation sites is 2. The maximum atomic E-state index is 2.41. The van der Waals surface area contributed by atoms with Crippen molar-refractivity contribution in [2.24, 2.45) is 0 Å². The number of rotatable bonds is 5. The fourth-order valence-electron chi connectivity index (χ4n) is 9.33. The van der Waals surface area contributed by atoms with Gasteiger partial charge >= 0.3 is 0 Å². The summed E-state index contributed by atoms with van der Waals surface area (Å²) in [4.78, 5) is 2.41. The molecule has 12 rings (SSSR count). The van der Waals surface area contributed by atoms with Gasteiger partial charge in [0.15, 0.2) is 0 Å². The molecule has 0 spiro atoms. The van der Waals surface area contributed by atoms with Crippen molar-refractivity contribution < 1.29 is 0 Å². The van der Waals surface area contributed by atoms with Gasteiger partial charge in [0.2, 0.25) is 0 Å². The summed E-state index contributed by atoms with van der Waals surface area (Å²) >= 11 is 0. The molecule has 0 fully saturated rings. The summed E-state index contributed by atoms with van der Waals surface area (Å²) in [7, 11) is 0. The molecule has 10 aromatic carbocycles. The number of hydrogen-bond acceptors (Lipinski definition) is 1. The molecule has 0 N–H and O–H groups in total. The minimum Gasteiger partial charge on any atom is -0.310 e. The highest BCUT2D eigenvalue weighted by atomic mass is 15.1. The van der Waals surface area contributed by atoms with E-state index < -0.39 is 0 Å². The molecular formula is C54H34N2. The molecule has 1 aromatic heterocycles. The molecule has 0 saturated carbocycles. The average molecular weight is 711 g/mol. The van der Waals surface area contributed by atoms with Crippen LogP contribution in [0.3, 0.4) is 0 Å². The lowest BCUT2D eigenvalue weighted by molar-refractivity contribution is 1.17. The third-order valence-electron chi connectivity index (χ3n) is 11.9. The van der Waals surface area contributed by atoms with Gasteiger partial charge in [-0.25, -0.2) is 0 Å². The van der Waals surface area contributed by atoms with E-state index in [2.05, 4.69) is 216 Å². The van der Waals surface area contributed by atoms with Crippen LogP contribution in [0.5, 0.6) is 0 Å². The van der Waals surface area contributed by atoms with Crippen LogP contribution in [0.1, 0.15) is 0 Å². The second-order valence-electron chi connectivity index (χ2n) is 14.9. The van der Waals surface area contributed by atoms with E-state index in [-0.39, 0.29) is 0 Å². The third-order valence-corrected chi connectivity index (χ3v) is 11.9. The zero-order chi connectivity index (χ0) is 36.7. The molecule has 56 heavy (non-hydrogen) atoms. The first-order chi connectivity index (χ1) is 27.8. The van der Waals surface area contributed by atoms with E-state index in [4.69, 9.17) is 0 Å². The molecular weight excluding hydrogens is 677 g/mol. The van der Waals surface area contributed by atoms with E-state index in [9.17, 15) is 0 Å². The summed E-state index contributed by atoms with van der Waals surface area (Å²) < 4.78 is 2.40. The standard InChI is InChI=1S/C54H34N2/c1-2-15-44-36(10-1)22-23-39-32-38(26-30-45(39)44)35-24-27-40(28-25-35)55(43-29-31-46-49-18-7-11-37-12-8-19-50(54(37)49)51(46)34-43)41-13-9-14-42(33-41)56-52-20-5-3-16-47(52)48-17-4-6-21-53(48)56/h1-34H. The van der Waals surface area contributed by atoms with E-state index in [1.54, 1.807) is 0 Å². The van der Waals surface area contributed by atoms with Crippen LogP contribution in [0, 0.1) is 0 Å². The van der Waals surface area contributed by atoms with Crippen LogP contribution in [0.4, 0.5) is 17.1 Å². The normalized spacial score (nSPS) is 11.9. The molecule has 0 bridgehead atoms. The summed E-state index contributed by atoms with van der Waals surface area (Å²) in [6, 6.07) is 75.8. The Balaban J connectivity index is 1.02. The fourth-order valence-corrected chi connectivity index (χ4v) is 9.33. The Kier molecular flexibility index (Phi) is 6.66. The fraction of sp³-hybridized carbons (Fsp3) is 0. The van der Waals surface area contributed by atoms with Gasteiger partial charge in [-0.05, 0) is 126 Å². The number of hydrogen-bond donors (Lipinski definition) is 0. The SMILES string of the molecule is c1cc(N(c2ccc(-c3ccc4c(ccc5ccccc54)c3)cc2)c2ccc3c(c2)-c2cccc4cccc-3c24)cc(-n2c3ccccc3c3ccccc32)c1. The van der Waals surface area contributed by atoms with Crippen LogP contribution >= 0.6 is 0 Å². The largest absolute Gasteiger partial charge is 0.310 e. The van der Waals surface area contributed by atoms with Crippen LogP contribution < -0.4 is 4.90 Å². The first kappa shape index (κ1) is 31.0. The van der Waals surface area contributed by atoms with E-state index in [0.29, 0.717) is 0 Å². The molecule has 2 nitrogen and oxygen atoms in total. The predicted molar refractivity (Wildman–Crippen MR) is 238 cm³/mol. The van der Waals surface area contributed by atoms with Gasteiger partial charge in [-0.2, -0.15) is 0 Å². The molecule has 260 valence electrons. The molecule has 0 aliphatic heterocycles. The quantitative estimate of drug-likeness (QED) is 0.161. The number of fused-ring (bicyclic) bond motifs is 9. The molecule has 0 unspecified atom stereocenters. The molecule has 11 aromatic rings. The van der Waals surface area contributed by atoms with E-state index >= 15 is 0 Å². The molecule has 1 aliphatic rings. The topological polar surface area (TPSA) is 8.17 Å². The predicted octanol–water partition coefficient (Wildman–Crippen LogP) is 15.0. The molecule has 0 atom stereocenters. The summed E-state index contributed by atoms with van der Waals surface area (Å²) in [5.74, 6) is 0. The lowest BCUT2D eigenvalue weighted by atomic mass is 9.97. The Hall–Kier alpha value is -7.42. The second-order valence-corrected chi connectivity index (χ2v) is 14.9. The summed E-state index contributed by atoms with van der Waals surface area (Å²) in [6.45, 7) is 0. The van der Waals surface area contributed by atoms with Gasteiger partial charge in [0.25, 0.3) is 0 Å². The molecule has 0 radical (unpaired) electrons. The highest BCUT2D eigenvalue weighted by Gasteiger charge is 2.24. The minimum atomic E-state index is 1.10. The number of anilines is 3. The molecule has 1 heterocycles. The first-order valence-electron chi connectivity index (χ1n) is 19.3. The van der Waals surface area contributed by atoms with Crippen molar-refractivity contribution in [2.45, 2.75) is 0 Å². The van der Waals surface area contributed by atoms with Crippen molar-refractivity contribution in [3.63, 3.8) is 0 Å². The monoisotopic (exact) mass is 710 g/mol. The summed E-state index contributed by atoms with van der Waals surface area (Å²) in [5.41, 5.74) is 14.4. The summed E-state index contributed by atoms with van der Waals surface area (Å²) in [6.07, 6.45) is 0. The Morgan fingerprint density at radius 1 is 0.304 bits per heavy atom. The lowest BCUT2D eigenvalue weighted by Crippen LogP contribution is -2.10. The van der Waals surface area contributed by atoms with Crippen molar-refractivity contribution >= 4 is 71.2 Å². The van der Waals surface area contributed by atoms with Gasteiger partial charge < -0.3 is 9.47 Å². The van der Waals surface area contributed by atoms with Crippen LogP contribution in [0.15, 0.2) is 206 Å². The van der Waals surface area contributed by atoms with E-state index in [1.165, 1.54) is 87.5 Å². The Bertz CT molecular complexity index is 3310. The molecule has 1 aliphatic carbocycles. The number of nitrogens with zero attached hydrogens (tertiary/aromatic N) is 2. The van der Waals surface area contributed by atoms with Gasteiger partial charge in [0, 0.05) is 33.5 Å². The summed E-state index contributed by atoms with van der Waals surface area (Å²) in [5, 5.41) is 10.2. The highest BCUT2D eigenvalue weighted by molar-refractivity contribution is 6.16. The van der Waals surface area contributed by atoms with Gasteiger partial charge in [-0.1, -0.05) is 146 Å². The van der Waals surface area contributed by atoms with Crippen molar-refractivity contribution in [3.05, 3.63) is 206 Å². The molecule has 0 saturated heterocycles. The zero-order valence-corrected chi connectivity index (χ0v) is 30.5. The Labute approximate surface area is 324 Å². The number of aromatic nitrogens is 1. The van der Waals surface area contributed by atoms with Crippen LogP contribution in [0.25, 0.3) is 93.2 Å². The van der Waals surface area contributed by atoms with Crippen molar-refractivity contribution in [2.75, 3.05) is 4.90 Å². The lowest BCUT2D eigenvalue weighted by Gasteiger charge is -2.27. The minimum absolute atomic E-state index is 1.10. The smallest absolute Gasteiger partial charge is 0.0541 e. The van der Waals surface area contributed by atoms with Crippen molar-refractivity contribution in [1.29, 1.82) is 0 Å². The molecule has 2 heteroatoms. The first-order valence-corrected chi connectivity index (χ1v) is 19.3. The van der Waals surface area contributed by atoms with Crippen molar-refractivity contribution in [3.8, 4) is 39.1 Å². The van der Waals surface area contributed by atoms with Gasteiger partial charge in [0.1, 0.15) is 0 Å². The molecule has 0 amide bonds. The number of benzene rings is 10. The average Bonchev–Trinajstić information content (AvgIpc) is 3.77. The maximum Gasteiger partial charge on any atom is 0.0541 e. The highest BCUT2D eigenvalue weighted by Crippen LogP contribution is 2.50. The Morgan fingerprint density at radius 2 is 0.893 bits per heavy atom. The van der Waals surface area contributed by atoms with Crippen LogP contribution in [-0.2, 0) is 0 Å². The third kappa shape index (κ3) is 4.63.